The van der Waals surface area contributed by atoms with E-state index in [-0.39, 0.29) is 24.8 Å². The molecule has 0 amide bonds. The average molecular weight is 527 g/mol. The Morgan fingerprint density at radius 3 is 2.47 bits per heavy atom. The summed E-state index contributed by atoms with van der Waals surface area (Å²) in [6, 6.07) is -1.01. The van der Waals surface area contributed by atoms with E-state index in [0.29, 0.717) is 24.6 Å². The number of aliphatic hydroxyl groups excluding tert-OH is 1. The van der Waals surface area contributed by atoms with Crippen LogP contribution in [-0.4, -0.2) is 51.5 Å². The maximum atomic E-state index is 17.4. The number of allylic oxidation sites excluding steroid dienone is 4. The fourth-order valence-corrected chi connectivity index (χ4v) is 8.83. The maximum absolute atomic E-state index is 17.4. The average Bonchev–Trinajstić information content (AvgIpc) is 3.52. The number of carbonyl (C=O) groups is 3. The number of rotatable bonds is 4. The number of alkyl halides is 3. The van der Waals surface area contributed by atoms with Crippen molar-refractivity contribution >= 4 is 28.6 Å². The molecule has 1 N–H and O–H groups in total. The third kappa shape index (κ3) is 3.04. The van der Waals surface area contributed by atoms with Gasteiger partial charge in [0.15, 0.2) is 17.1 Å². The third-order valence-electron chi connectivity index (χ3n) is 10.4. The molecule has 0 aromatic heterocycles. The monoisotopic (exact) mass is 526 g/mol. The number of ether oxygens (including phenoxy) is 1. The van der Waals surface area contributed by atoms with Gasteiger partial charge in [-0.2, -0.15) is 0 Å². The topological polar surface area (TPSA) is 80.7 Å². The van der Waals surface area contributed by atoms with E-state index in [2.05, 4.69) is 0 Å². The minimum Gasteiger partial charge on any atom is -0.449 e. The minimum atomic E-state index is -2.30. The van der Waals surface area contributed by atoms with Crippen molar-refractivity contribution < 1.29 is 37.4 Å². The summed E-state index contributed by atoms with van der Waals surface area (Å²) in [5, 5.41) is 10.8. The number of ketones is 1. The lowest BCUT2D eigenvalue weighted by atomic mass is 9.44. The lowest BCUT2D eigenvalue weighted by molar-refractivity contribution is -0.230. The predicted molar refractivity (Wildman–Crippen MR) is 128 cm³/mol. The Morgan fingerprint density at radius 1 is 1.19 bits per heavy atom. The molecule has 0 heterocycles. The summed E-state index contributed by atoms with van der Waals surface area (Å²) in [4.78, 5) is 38.8. The summed E-state index contributed by atoms with van der Waals surface area (Å²) >= 11 is 0.416. The van der Waals surface area contributed by atoms with Gasteiger partial charge in [-0.1, -0.05) is 19.9 Å². The second kappa shape index (κ2) is 7.95. The largest absolute Gasteiger partial charge is 0.449 e. The first-order valence-electron chi connectivity index (χ1n) is 12.6. The van der Waals surface area contributed by atoms with Gasteiger partial charge in [0.1, 0.15) is 12.2 Å². The van der Waals surface area contributed by atoms with Crippen LogP contribution >= 0.6 is 11.8 Å². The molecule has 0 aromatic rings. The Labute approximate surface area is 213 Å². The summed E-state index contributed by atoms with van der Waals surface area (Å²) in [7, 11) is 0. The van der Waals surface area contributed by atoms with Crippen molar-refractivity contribution in [3.63, 3.8) is 0 Å². The molecular formula is C27H33F3O5S. The molecular weight excluding hydrogens is 493 g/mol. The van der Waals surface area contributed by atoms with Crippen LogP contribution in [0.3, 0.4) is 0 Å². The number of halogens is 3. The van der Waals surface area contributed by atoms with E-state index >= 15 is 8.78 Å². The van der Waals surface area contributed by atoms with Gasteiger partial charge < -0.3 is 9.84 Å². The number of carbonyl (C=O) groups excluding carboxylic acids is 3. The summed E-state index contributed by atoms with van der Waals surface area (Å²) in [5.41, 5.74) is -7.57. The van der Waals surface area contributed by atoms with Crippen LogP contribution in [0.4, 0.5) is 13.2 Å². The van der Waals surface area contributed by atoms with Gasteiger partial charge in [-0.25, -0.2) is 13.2 Å². The Morgan fingerprint density at radius 2 is 1.86 bits per heavy atom. The molecule has 5 aliphatic rings. The first-order valence-corrected chi connectivity index (χ1v) is 13.6. The van der Waals surface area contributed by atoms with E-state index in [1.807, 2.05) is 0 Å². The molecule has 5 aliphatic carbocycles. The van der Waals surface area contributed by atoms with Crippen LogP contribution in [0.1, 0.15) is 59.8 Å². The van der Waals surface area contributed by atoms with E-state index in [0.717, 1.165) is 6.08 Å². The number of thioether (sulfide) groups is 1. The third-order valence-corrected chi connectivity index (χ3v) is 11.1. The lowest BCUT2D eigenvalue weighted by Gasteiger charge is -2.63. The highest BCUT2D eigenvalue weighted by Crippen LogP contribution is 2.72. The van der Waals surface area contributed by atoms with Crippen LogP contribution in [-0.2, 0) is 19.1 Å². The Hall–Kier alpha value is -1.61. The molecule has 0 bridgehead atoms. The molecule has 5 nitrogen and oxygen atoms in total. The molecule has 36 heavy (non-hydrogen) atoms. The minimum absolute atomic E-state index is 0.0193. The van der Waals surface area contributed by atoms with Gasteiger partial charge in [-0.3, -0.25) is 14.4 Å². The van der Waals surface area contributed by atoms with E-state index < -0.39 is 80.4 Å². The normalized spacial score (nSPS) is 48.4. The molecule has 1 unspecified atom stereocenters. The Bertz CT molecular complexity index is 1090. The van der Waals surface area contributed by atoms with E-state index in [1.54, 1.807) is 20.8 Å². The Balaban J connectivity index is 1.63. The van der Waals surface area contributed by atoms with Gasteiger partial charge in [-0.05, 0) is 81.4 Å². The van der Waals surface area contributed by atoms with Gasteiger partial charge in [0.25, 0.3) is 0 Å². The smallest absolute Gasteiger partial charge is 0.312 e. The molecule has 9 atom stereocenters. The summed E-state index contributed by atoms with van der Waals surface area (Å²) in [5.74, 6) is -3.19. The van der Waals surface area contributed by atoms with Crippen LogP contribution in [0.2, 0.25) is 0 Å². The second-order valence-electron chi connectivity index (χ2n) is 12.2. The maximum Gasteiger partial charge on any atom is 0.312 e. The van der Waals surface area contributed by atoms with Crippen molar-refractivity contribution in [1.82, 2.24) is 0 Å². The quantitative estimate of drug-likeness (QED) is 0.529. The van der Waals surface area contributed by atoms with Crippen LogP contribution in [0, 0.1) is 34.0 Å². The van der Waals surface area contributed by atoms with E-state index in [1.165, 1.54) is 19.1 Å². The van der Waals surface area contributed by atoms with Crippen molar-refractivity contribution in [2.24, 2.45) is 34.0 Å². The highest BCUT2D eigenvalue weighted by atomic mass is 32.2. The van der Waals surface area contributed by atoms with Gasteiger partial charge in [-0.15, -0.1) is 0 Å². The molecule has 0 radical (unpaired) electrons. The lowest BCUT2D eigenvalue weighted by Crippen LogP contribution is -2.70. The van der Waals surface area contributed by atoms with Crippen molar-refractivity contribution in [2.45, 2.75) is 83.3 Å². The van der Waals surface area contributed by atoms with Crippen molar-refractivity contribution in [1.29, 1.82) is 0 Å². The summed E-state index contributed by atoms with van der Waals surface area (Å²) < 4.78 is 52.5. The molecule has 198 valence electrons. The Kier molecular flexibility index (Phi) is 5.74. The highest BCUT2D eigenvalue weighted by molar-refractivity contribution is 8.13. The van der Waals surface area contributed by atoms with Gasteiger partial charge in [0.2, 0.25) is 5.12 Å². The number of fused-ring (bicyclic) bond motifs is 5. The van der Waals surface area contributed by atoms with Crippen molar-refractivity contribution in [3.05, 3.63) is 23.8 Å². The molecule has 4 saturated carbocycles. The SMILES string of the molecule is C[C@@H]1C[C@H]2[C@@H]3C[C@H](F)C4=CC(=O)C=C[C@]4(C)C3(F)[C@@H](O)C[C@]2(C)[C@@]1(OC(=O)C1(C)CC1)C(=O)SCF. The molecule has 5 rings (SSSR count). The molecule has 9 heteroatoms. The molecule has 4 fully saturated rings. The molecule has 0 aromatic carbocycles. The molecule has 0 aliphatic heterocycles. The van der Waals surface area contributed by atoms with E-state index in [4.69, 9.17) is 4.74 Å². The number of esters is 1. The highest BCUT2D eigenvalue weighted by Gasteiger charge is 2.78. The van der Waals surface area contributed by atoms with Crippen molar-refractivity contribution in [2.75, 3.05) is 6.01 Å². The number of hydrogen-bond donors (Lipinski definition) is 1. The fourth-order valence-electron chi connectivity index (χ4n) is 8.04. The molecule has 0 saturated heterocycles. The van der Waals surface area contributed by atoms with Gasteiger partial charge >= 0.3 is 5.97 Å². The van der Waals surface area contributed by atoms with E-state index in [9.17, 15) is 23.9 Å². The molecule has 0 spiro atoms. The van der Waals surface area contributed by atoms with Crippen LogP contribution in [0.15, 0.2) is 23.8 Å². The predicted octanol–water partition coefficient (Wildman–Crippen LogP) is 4.82. The fraction of sp³-hybridized carbons (Fsp3) is 0.741. The number of hydrogen-bond acceptors (Lipinski definition) is 6. The first-order chi connectivity index (χ1) is 16.7. The van der Waals surface area contributed by atoms with Gasteiger partial charge in [0, 0.05) is 22.7 Å². The van der Waals surface area contributed by atoms with Crippen LogP contribution in [0.25, 0.3) is 0 Å². The zero-order valence-electron chi connectivity index (χ0n) is 21.0. The standard InChI is InChI=1S/C27H33F3O5S/c1-14-9-16-17-11-19(29)18-10-15(31)5-6-24(18,3)26(17,30)20(32)12-25(16,4)27(14,22(34)36-13-28)35-21(33)23(2)7-8-23/h5-6,10,14,16-17,19-20,32H,7-9,11-13H2,1-4H3/t14-,16+,17+,19+,20+,24+,25+,26?,27+/m1/s1. The van der Waals surface area contributed by atoms with Crippen LogP contribution in [0.5, 0.6) is 0 Å². The zero-order valence-corrected chi connectivity index (χ0v) is 21.8. The number of aliphatic hydroxyl groups is 1. The van der Waals surface area contributed by atoms with Crippen molar-refractivity contribution in [3.8, 4) is 0 Å². The second-order valence-corrected chi connectivity index (χ2v) is 13.1. The zero-order chi connectivity index (χ0) is 26.5. The van der Waals surface area contributed by atoms with Crippen LogP contribution < -0.4 is 0 Å². The van der Waals surface area contributed by atoms with Gasteiger partial charge in [0.05, 0.1) is 11.5 Å². The summed E-state index contributed by atoms with van der Waals surface area (Å²) in [6.07, 6.45) is 1.45. The summed E-state index contributed by atoms with van der Waals surface area (Å²) in [6.45, 7) is 6.69. The first kappa shape index (κ1) is 26.0.